The number of nitrogens with one attached hydrogen (secondary N) is 2. The molecule has 3 fully saturated rings. The summed E-state index contributed by atoms with van der Waals surface area (Å²) in [7, 11) is 0. The maximum Gasteiger partial charge on any atom is 0.251 e. The van der Waals surface area contributed by atoms with Crippen molar-refractivity contribution in [1.82, 2.24) is 15.5 Å². The Balaban J connectivity index is 1.29. The predicted octanol–water partition coefficient (Wildman–Crippen LogP) is 5.71. The Morgan fingerprint density at radius 3 is 2.07 bits per heavy atom. The van der Waals surface area contributed by atoms with E-state index in [0.717, 1.165) is 69.8 Å². The van der Waals surface area contributed by atoms with Gasteiger partial charge in [-0.05, 0) is 43.4 Å². The minimum atomic E-state index is -0.515. The van der Waals surface area contributed by atoms with Gasteiger partial charge in [-0.3, -0.25) is 24.1 Å². The Labute approximate surface area is 243 Å². The van der Waals surface area contributed by atoms with Gasteiger partial charge in [0.2, 0.25) is 17.7 Å². The van der Waals surface area contributed by atoms with Gasteiger partial charge in [0.15, 0.2) is 0 Å². The molecule has 5 atom stereocenters. The summed E-state index contributed by atoms with van der Waals surface area (Å²) in [6.45, 7) is 0. The van der Waals surface area contributed by atoms with E-state index in [0.29, 0.717) is 18.4 Å². The van der Waals surface area contributed by atoms with E-state index in [-0.39, 0.29) is 48.1 Å². The average Bonchev–Trinajstić information content (AvgIpc) is 2.96. The van der Waals surface area contributed by atoms with Gasteiger partial charge in [0.1, 0.15) is 0 Å². The lowest BCUT2D eigenvalue weighted by molar-refractivity contribution is -0.170. The summed E-state index contributed by atoms with van der Waals surface area (Å²) in [5.41, 5.74) is 1.38. The Hall–Kier alpha value is -3.48. The van der Waals surface area contributed by atoms with Crippen LogP contribution in [0.25, 0.3) is 0 Å². The van der Waals surface area contributed by atoms with E-state index in [1.807, 2.05) is 48.5 Å². The van der Waals surface area contributed by atoms with Crippen LogP contribution >= 0.6 is 0 Å². The fraction of sp³-hybridized carbons (Fsp3) is 0.529. The monoisotopic (exact) mass is 557 g/mol. The number of nitrogens with zero attached hydrogens (tertiary/aromatic N) is 1. The average molecular weight is 558 g/mol. The third kappa shape index (κ3) is 7.06. The summed E-state index contributed by atoms with van der Waals surface area (Å²) in [6, 6.07) is 17.7. The zero-order valence-electron chi connectivity index (χ0n) is 23.9. The molecular formula is C34H43N3O4. The first-order valence-corrected chi connectivity index (χ1v) is 15.6. The molecule has 2 aliphatic carbocycles. The third-order valence-electron chi connectivity index (χ3n) is 9.22. The molecule has 2 saturated carbocycles. The Morgan fingerprint density at radius 1 is 0.756 bits per heavy atom. The second-order valence-electron chi connectivity index (χ2n) is 12.0. The van der Waals surface area contributed by atoms with E-state index in [2.05, 4.69) is 10.6 Å². The van der Waals surface area contributed by atoms with Gasteiger partial charge in [-0.25, -0.2) is 0 Å². The standard InChI is InChI=1S/C34H43N3O4/c38-31(23-29(24-15-7-5-8-16-24)36-32(39)25-17-9-6-10-18-25)35-28-21-13-3-1-11-19-26(28)33(40)37-30-22-14-4-2-12-20-27(30)34(37)41/h5-10,15-18,26-30H,1-4,11-14,19-23H2,(H,35,38)(H,36,39)/t26?,27?,28-,29?,30-/m1/s1. The quantitative estimate of drug-likeness (QED) is 0.337. The minimum absolute atomic E-state index is 0.0122. The molecule has 2 aromatic rings. The fourth-order valence-electron chi connectivity index (χ4n) is 6.95. The SMILES string of the molecule is O=C(CC(NC(=O)c1ccccc1)c1ccccc1)N[C@@H]1CCCCCCC1C(=O)N1C(=O)C2CCCCCC[C@H]21. The van der Waals surface area contributed by atoms with Crippen LogP contribution in [0.4, 0.5) is 0 Å². The molecule has 3 aliphatic rings. The van der Waals surface area contributed by atoms with Crippen LogP contribution < -0.4 is 10.6 Å². The number of carbonyl (C=O) groups excluding carboxylic acids is 4. The van der Waals surface area contributed by atoms with Gasteiger partial charge in [-0.2, -0.15) is 0 Å². The number of benzene rings is 2. The van der Waals surface area contributed by atoms with Crippen LogP contribution in [0.3, 0.4) is 0 Å². The second kappa shape index (κ2) is 13.9. The predicted molar refractivity (Wildman–Crippen MR) is 158 cm³/mol. The number of hydrogen-bond donors (Lipinski definition) is 2. The Morgan fingerprint density at radius 2 is 1.37 bits per heavy atom. The van der Waals surface area contributed by atoms with Crippen molar-refractivity contribution in [2.45, 2.75) is 102 Å². The van der Waals surface area contributed by atoms with Crippen molar-refractivity contribution in [3.63, 3.8) is 0 Å². The molecule has 2 aromatic carbocycles. The van der Waals surface area contributed by atoms with E-state index in [9.17, 15) is 19.2 Å². The van der Waals surface area contributed by atoms with Gasteiger partial charge >= 0.3 is 0 Å². The molecule has 0 bridgehead atoms. The lowest BCUT2D eigenvalue weighted by atomic mass is 9.76. The van der Waals surface area contributed by atoms with Crippen LogP contribution in [-0.4, -0.2) is 40.6 Å². The van der Waals surface area contributed by atoms with Gasteiger partial charge in [0.25, 0.3) is 5.91 Å². The highest BCUT2D eigenvalue weighted by atomic mass is 16.2. The molecule has 2 N–H and O–H groups in total. The molecule has 218 valence electrons. The molecule has 5 rings (SSSR count). The summed E-state index contributed by atoms with van der Waals surface area (Å²) < 4.78 is 0. The molecular weight excluding hydrogens is 514 g/mol. The molecule has 0 radical (unpaired) electrons. The van der Waals surface area contributed by atoms with Gasteiger partial charge in [-0.1, -0.05) is 99.9 Å². The Bertz CT molecular complexity index is 1200. The van der Waals surface area contributed by atoms with E-state index in [1.165, 1.54) is 0 Å². The first-order chi connectivity index (χ1) is 20.0. The maximum atomic E-state index is 13.9. The van der Waals surface area contributed by atoms with Crippen LogP contribution in [0.15, 0.2) is 60.7 Å². The lowest BCUT2D eigenvalue weighted by Crippen LogP contribution is -2.65. The number of carbonyl (C=O) groups is 4. The molecule has 1 saturated heterocycles. The van der Waals surface area contributed by atoms with Gasteiger partial charge in [-0.15, -0.1) is 0 Å². The molecule has 7 nitrogen and oxygen atoms in total. The summed E-state index contributed by atoms with van der Waals surface area (Å²) >= 11 is 0. The van der Waals surface area contributed by atoms with Crippen LogP contribution in [0.5, 0.6) is 0 Å². The summed E-state index contributed by atoms with van der Waals surface area (Å²) in [5, 5.41) is 6.23. The van der Waals surface area contributed by atoms with E-state index in [4.69, 9.17) is 0 Å². The zero-order valence-corrected chi connectivity index (χ0v) is 23.9. The van der Waals surface area contributed by atoms with Crippen molar-refractivity contribution in [3.8, 4) is 0 Å². The molecule has 0 spiro atoms. The first kappa shape index (κ1) is 29.0. The van der Waals surface area contributed by atoms with E-state index in [1.54, 1.807) is 17.0 Å². The number of imide groups is 1. The maximum absolute atomic E-state index is 13.9. The van der Waals surface area contributed by atoms with Crippen molar-refractivity contribution < 1.29 is 19.2 Å². The van der Waals surface area contributed by atoms with E-state index >= 15 is 0 Å². The van der Waals surface area contributed by atoms with Gasteiger partial charge in [0.05, 0.1) is 30.3 Å². The lowest BCUT2D eigenvalue weighted by Gasteiger charge is -2.49. The molecule has 3 unspecified atom stereocenters. The highest BCUT2D eigenvalue weighted by Crippen LogP contribution is 2.39. The van der Waals surface area contributed by atoms with E-state index < -0.39 is 12.0 Å². The molecule has 0 aromatic heterocycles. The van der Waals surface area contributed by atoms with Crippen molar-refractivity contribution in [2.75, 3.05) is 0 Å². The highest BCUT2D eigenvalue weighted by molar-refractivity contribution is 6.03. The minimum Gasteiger partial charge on any atom is -0.352 e. The number of rotatable bonds is 7. The number of likely N-dealkylation sites (tertiary alicyclic amines) is 1. The topological polar surface area (TPSA) is 95.6 Å². The molecule has 1 aliphatic heterocycles. The number of hydrogen-bond acceptors (Lipinski definition) is 4. The Kier molecular flexibility index (Phi) is 9.86. The second-order valence-corrected chi connectivity index (χ2v) is 12.0. The van der Waals surface area contributed by atoms with Crippen LogP contribution in [0.2, 0.25) is 0 Å². The fourth-order valence-corrected chi connectivity index (χ4v) is 6.95. The zero-order chi connectivity index (χ0) is 28.6. The third-order valence-corrected chi connectivity index (χ3v) is 9.22. The highest BCUT2D eigenvalue weighted by Gasteiger charge is 2.51. The summed E-state index contributed by atoms with van der Waals surface area (Å²) in [6.07, 6.45) is 11.6. The van der Waals surface area contributed by atoms with Crippen LogP contribution in [-0.2, 0) is 14.4 Å². The smallest absolute Gasteiger partial charge is 0.251 e. The molecule has 7 heteroatoms. The van der Waals surface area contributed by atoms with Gasteiger partial charge in [0, 0.05) is 11.6 Å². The number of fused-ring (bicyclic) bond motifs is 1. The largest absolute Gasteiger partial charge is 0.352 e. The normalized spacial score (nSPS) is 25.7. The number of amides is 4. The van der Waals surface area contributed by atoms with Crippen molar-refractivity contribution in [3.05, 3.63) is 71.8 Å². The first-order valence-electron chi connectivity index (χ1n) is 15.6. The van der Waals surface area contributed by atoms with Crippen molar-refractivity contribution in [1.29, 1.82) is 0 Å². The summed E-state index contributed by atoms with van der Waals surface area (Å²) in [5.74, 6) is -0.960. The van der Waals surface area contributed by atoms with Crippen LogP contribution in [0, 0.1) is 11.8 Å². The summed E-state index contributed by atoms with van der Waals surface area (Å²) in [4.78, 5) is 55.2. The van der Waals surface area contributed by atoms with Gasteiger partial charge < -0.3 is 10.6 Å². The van der Waals surface area contributed by atoms with Crippen molar-refractivity contribution in [2.24, 2.45) is 11.8 Å². The van der Waals surface area contributed by atoms with Crippen LogP contribution in [0.1, 0.15) is 105 Å². The molecule has 4 amide bonds. The molecule has 1 heterocycles. The molecule has 41 heavy (non-hydrogen) atoms. The van der Waals surface area contributed by atoms with Crippen molar-refractivity contribution >= 4 is 23.6 Å². The number of β-lactam (4-membered cyclic amide) rings is 1.